The van der Waals surface area contributed by atoms with Crippen molar-refractivity contribution in [3.63, 3.8) is 0 Å². The standard InChI is InChI=1S/C20H25NO5/c1-23-15-9-10-16(18(13-15)25-3)21-20(22)7-5-6-14-8-11-17(24-2)19(12-14)26-4/h8-13H,5-7H2,1-4H3,(H,21,22). The lowest BCUT2D eigenvalue weighted by molar-refractivity contribution is -0.116. The topological polar surface area (TPSA) is 66.0 Å². The van der Waals surface area contributed by atoms with E-state index in [1.54, 1.807) is 46.6 Å². The van der Waals surface area contributed by atoms with Crippen LogP contribution in [0, 0.1) is 0 Å². The van der Waals surface area contributed by atoms with Crippen LogP contribution in [0.1, 0.15) is 18.4 Å². The second-order valence-electron chi connectivity index (χ2n) is 5.66. The van der Waals surface area contributed by atoms with Crippen molar-refractivity contribution in [1.82, 2.24) is 0 Å². The van der Waals surface area contributed by atoms with Gasteiger partial charge in [-0.15, -0.1) is 0 Å². The number of nitrogens with one attached hydrogen (secondary N) is 1. The Labute approximate surface area is 154 Å². The van der Waals surface area contributed by atoms with Gasteiger partial charge in [-0.05, 0) is 42.7 Å². The van der Waals surface area contributed by atoms with Crippen molar-refractivity contribution in [1.29, 1.82) is 0 Å². The molecule has 0 saturated carbocycles. The largest absolute Gasteiger partial charge is 0.497 e. The van der Waals surface area contributed by atoms with Crippen LogP contribution in [0.5, 0.6) is 23.0 Å². The summed E-state index contributed by atoms with van der Waals surface area (Å²) in [7, 11) is 6.36. The summed E-state index contributed by atoms with van der Waals surface area (Å²) in [4.78, 5) is 12.2. The summed E-state index contributed by atoms with van der Waals surface area (Å²) in [6.45, 7) is 0. The van der Waals surface area contributed by atoms with Crippen LogP contribution in [0.2, 0.25) is 0 Å². The monoisotopic (exact) mass is 359 g/mol. The van der Waals surface area contributed by atoms with Crippen LogP contribution in [-0.2, 0) is 11.2 Å². The molecular weight excluding hydrogens is 334 g/mol. The van der Waals surface area contributed by atoms with Gasteiger partial charge >= 0.3 is 0 Å². The number of benzene rings is 2. The van der Waals surface area contributed by atoms with E-state index in [-0.39, 0.29) is 5.91 Å². The first-order chi connectivity index (χ1) is 12.6. The van der Waals surface area contributed by atoms with E-state index in [0.717, 1.165) is 18.4 Å². The fourth-order valence-corrected chi connectivity index (χ4v) is 2.60. The van der Waals surface area contributed by atoms with E-state index in [2.05, 4.69) is 5.32 Å². The van der Waals surface area contributed by atoms with Gasteiger partial charge in [0.25, 0.3) is 0 Å². The predicted molar refractivity (Wildman–Crippen MR) is 101 cm³/mol. The van der Waals surface area contributed by atoms with Crippen molar-refractivity contribution in [3.8, 4) is 23.0 Å². The van der Waals surface area contributed by atoms with Gasteiger partial charge < -0.3 is 24.3 Å². The third kappa shape index (κ3) is 5.05. The second-order valence-corrected chi connectivity index (χ2v) is 5.66. The third-order valence-corrected chi connectivity index (χ3v) is 4.00. The average molecular weight is 359 g/mol. The van der Waals surface area contributed by atoms with Gasteiger partial charge in [-0.25, -0.2) is 0 Å². The Balaban J connectivity index is 1.89. The fraction of sp³-hybridized carbons (Fsp3) is 0.350. The Morgan fingerprint density at radius 3 is 2.23 bits per heavy atom. The molecule has 0 aliphatic heterocycles. The van der Waals surface area contributed by atoms with Crippen LogP contribution in [0.25, 0.3) is 0 Å². The number of hydrogen-bond acceptors (Lipinski definition) is 5. The molecule has 0 spiro atoms. The fourth-order valence-electron chi connectivity index (χ4n) is 2.60. The molecule has 0 heterocycles. The number of rotatable bonds is 9. The lowest BCUT2D eigenvalue weighted by atomic mass is 10.1. The Morgan fingerprint density at radius 1 is 0.846 bits per heavy atom. The molecule has 140 valence electrons. The third-order valence-electron chi connectivity index (χ3n) is 4.00. The molecule has 0 atom stereocenters. The lowest BCUT2D eigenvalue weighted by Crippen LogP contribution is -2.12. The van der Waals surface area contributed by atoms with E-state index in [1.807, 2.05) is 18.2 Å². The summed E-state index contributed by atoms with van der Waals surface area (Å²) in [5.74, 6) is 2.57. The van der Waals surface area contributed by atoms with Crippen molar-refractivity contribution in [2.45, 2.75) is 19.3 Å². The Bertz CT molecular complexity index is 745. The molecule has 2 aromatic rings. The molecule has 26 heavy (non-hydrogen) atoms. The van der Waals surface area contributed by atoms with E-state index in [9.17, 15) is 4.79 Å². The van der Waals surface area contributed by atoms with Crippen molar-refractivity contribution in [3.05, 3.63) is 42.0 Å². The highest BCUT2D eigenvalue weighted by Gasteiger charge is 2.10. The number of amides is 1. The minimum Gasteiger partial charge on any atom is -0.497 e. The number of ether oxygens (including phenoxy) is 4. The van der Waals surface area contributed by atoms with Gasteiger partial charge in [0.2, 0.25) is 5.91 Å². The number of carbonyl (C=O) groups excluding carboxylic acids is 1. The highest BCUT2D eigenvalue weighted by atomic mass is 16.5. The Kier molecular flexibility index (Phi) is 7.14. The SMILES string of the molecule is COc1ccc(NC(=O)CCCc2ccc(OC)c(OC)c2)c(OC)c1. The zero-order chi connectivity index (χ0) is 18.9. The van der Waals surface area contributed by atoms with Gasteiger partial charge in [0.15, 0.2) is 11.5 Å². The van der Waals surface area contributed by atoms with E-state index in [1.165, 1.54) is 0 Å². The molecule has 6 heteroatoms. The molecule has 2 rings (SSSR count). The Morgan fingerprint density at radius 2 is 1.58 bits per heavy atom. The summed E-state index contributed by atoms with van der Waals surface area (Å²) in [6, 6.07) is 11.1. The van der Waals surface area contributed by atoms with E-state index in [0.29, 0.717) is 35.1 Å². The molecule has 0 radical (unpaired) electrons. The molecule has 0 unspecified atom stereocenters. The highest BCUT2D eigenvalue weighted by Crippen LogP contribution is 2.30. The minimum atomic E-state index is -0.0612. The first-order valence-electron chi connectivity index (χ1n) is 8.34. The molecule has 0 bridgehead atoms. The van der Waals surface area contributed by atoms with Gasteiger partial charge in [0.1, 0.15) is 11.5 Å². The maximum absolute atomic E-state index is 12.2. The van der Waals surface area contributed by atoms with Crippen LogP contribution in [-0.4, -0.2) is 34.3 Å². The van der Waals surface area contributed by atoms with Crippen LogP contribution >= 0.6 is 0 Å². The van der Waals surface area contributed by atoms with Gasteiger partial charge in [-0.2, -0.15) is 0 Å². The molecule has 1 N–H and O–H groups in total. The number of carbonyl (C=O) groups is 1. The van der Waals surface area contributed by atoms with Gasteiger partial charge in [0, 0.05) is 12.5 Å². The molecule has 1 amide bonds. The van der Waals surface area contributed by atoms with Crippen molar-refractivity contribution >= 4 is 11.6 Å². The molecule has 0 saturated heterocycles. The van der Waals surface area contributed by atoms with Crippen LogP contribution in [0.15, 0.2) is 36.4 Å². The van der Waals surface area contributed by atoms with E-state index >= 15 is 0 Å². The van der Waals surface area contributed by atoms with Crippen LogP contribution in [0.3, 0.4) is 0 Å². The molecule has 0 aromatic heterocycles. The van der Waals surface area contributed by atoms with Crippen molar-refractivity contribution < 1.29 is 23.7 Å². The Hall–Kier alpha value is -2.89. The summed E-state index contributed by atoms with van der Waals surface area (Å²) in [5.41, 5.74) is 1.72. The van der Waals surface area contributed by atoms with Crippen LogP contribution < -0.4 is 24.3 Å². The average Bonchev–Trinajstić information content (AvgIpc) is 2.68. The molecule has 0 aliphatic carbocycles. The normalized spacial score (nSPS) is 10.2. The zero-order valence-electron chi connectivity index (χ0n) is 15.6. The van der Waals surface area contributed by atoms with Gasteiger partial charge in [0.05, 0.1) is 34.1 Å². The van der Waals surface area contributed by atoms with Gasteiger partial charge in [-0.1, -0.05) is 6.07 Å². The maximum atomic E-state index is 12.2. The number of hydrogen-bond donors (Lipinski definition) is 1. The number of methoxy groups -OCH3 is 4. The zero-order valence-corrected chi connectivity index (χ0v) is 15.6. The number of aryl methyl sites for hydroxylation is 1. The highest BCUT2D eigenvalue weighted by molar-refractivity contribution is 5.92. The molecule has 2 aromatic carbocycles. The quantitative estimate of drug-likeness (QED) is 0.740. The minimum absolute atomic E-state index is 0.0612. The maximum Gasteiger partial charge on any atom is 0.224 e. The molecule has 6 nitrogen and oxygen atoms in total. The van der Waals surface area contributed by atoms with E-state index in [4.69, 9.17) is 18.9 Å². The molecular formula is C20H25NO5. The molecule has 0 aliphatic rings. The first kappa shape index (κ1) is 19.4. The molecule has 0 fully saturated rings. The number of anilines is 1. The summed E-state index contributed by atoms with van der Waals surface area (Å²) >= 11 is 0. The summed E-state index contributed by atoms with van der Waals surface area (Å²) in [5, 5.41) is 2.88. The summed E-state index contributed by atoms with van der Waals surface area (Å²) < 4.78 is 21.0. The second kappa shape index (κ2) is 9.56. The van der Waals surface area contributed by atoms with Crippen molar-refractivity contribution in [2.75, 3.05) is 33.8 Å². The summed E-state index contributed by atoms with van der Waals surface area (Å²) in [6.07, 6.45) is 1.90. The van der Waals surface area contributed by atoms with Gasteiger partial charge in [-0.3, -0.25) is 4.79 Å². The lowest BCUT2D eigenvalue weighted by Gasteiger charge is -2.12. The van der Waals surface area contributed by atoms with Crippen LogP contribution in [0.4, 0.5) is 5.69 Å². The van der Waals surface area contributed by atoms with E-state index < -0.39 is 0 Å². The first-order valence-corrected chi connectivity index (χ1v) is 8.34. The van der Waals surface area contributed by atoms with Crippen molar-refractivity contribution in [2.24, 2.45) is 0 Å². The predicted octanol–water partition coefficient (Wildman–Crippen LogP) is 3.68. The smallest absolute Gasteiger partial charge is 0.224 e.